The number of carboxylic acid groups (broad SMARTS) is 1. The highest BCUT2D eigenvalue weighted by Gasteiger charge is 2.08. The Kier molecular flexibility index (Phi) is 4.70. The molecule has 6 heteroatoms. The van der Waals surface area contributed by atoms with Crippen LogP contribution in [0.4, 0.5) is 0 Å². The molecule has 0 fully saturated rings. The standard InChI is InChI=1S/C28H20N4O2/c33-28(34)11-17-1-3-18(4-2-17)26-15-25-14-23-8-7-21(30-23)12-19-5-6-20(29-19)13-22-9-10-24(31-22)16-27(26)32-25/h1-10,12-16,29,32H,11H2,(H,33,34). The lowest BCUT2D eigenvalue weighted by Gasteiger charge is -2.01. The first-order valence-electron chi connectivity index (χ1n) is 11.0. The molecule has 0 aliphatic carbocycles. The van der Waals surface area contributed by atoms with Crippen LogP contribution in [0.25, 0.3) is 57.5 Å². The van der Waals surface area contributed by atoms with Gasteiger partial charge < -0.3 is 15.1 Å². The number of carboxylic acids is 1. The number of aromatic amines is 2. The van der Waals surface area contributed by atoms with Crippen molar-refractivity contribution in [3.05, 3.63) is 95.1 Å². The van der Waals surface area contributed by atoms with Crippen LogP contribution in [0.1, 0.15) is 28.3 Å². The Morgan fingerprint density at radius 2 is 1.24 bits per heavy atom. The zero-order valence-corrected chi connectivity index (χ0v) is 18.1. The summed E-state index contributed by atoms with van der Waals surface area (Å²) < 4.78 is 0. The lowest BCUT2D eigenvalue weighted by molar-refractivity contribution is -0.136. The first-order chi connectivity index (χ1) is 16.6. The van der Waals surface area contributed by atoms with Gasteiger partial charge in [0.25, 0.3) is 0 Å². The van der Waals surface area contributed by atoms with E-state index in [9.17, 15) is 4.79 Å². The van der Waals surface area contributed by atoms with Crippen LogP contribution in [0, 0.1) is 0 Å². The molecule has 6 rings (SSSR count). The van der Waals surface area contributed by atoms with Crippen LogP contribution < -0.4 is 0 Å². The number of nitrogens with zero attached hydrogens (tertiary/aromatic N) is 2. The summed E-state index contributed by atoms with van der Waals surface area (Å²) in [7, 11) is 0. The van der Waals surface area contributed by atoms with Crippen LogP contribution >= 0.6 is 0 Å². The number of carbonyl (C=O) groups is 1. The van der Waals surface area contributed by atoms with E-state index in [1.54, 1.807) is 0 Å². The molecule has 5 heterocycles. The molecule has 0 spiro atoms. The minimum Gasteiger partial charge on any atom is -0.481 e. The average Bonchev–Trinajstić information content (AvgIpc) is 3.59. The maximum Gasteiger partial charge on any atom is 0.307 e. The molecule has 0 amide bonds. The van der Waals surface area contributed by atoms with Gasteiger partial charge in [-0.3, -0.25) is 4.79 Å². The molecule has 2 aliphatic heterocycles. The Balaban J connectivity index is 1.58. The van der Waals surface area contributed by atoms with Crippen LogP contribution in [0.15, 0.2) is 66.7 Å². The topological polar surface area (TPSA) is 94.7 Å². The van der Waals surface area contributed by atoms with E-state index in [0.29, 0.717) is 0 Å². The number of hydrogen-bond acceptors (Lipinski definition) is 3. The van der Waals surface area contributed by atoms with Gasteiger partial charge in [-0.25, -0.2) is 9.97 Å². The Morgan fingerprint density at radius 3 is 1.82 bits per heavy atom. The molecule has 0 unspecified atom stereocenters. The quantitative estimate of drug-likeness (QED) is 0.314. The third kappa shape index (κ3) is 4.04. The zero-order valence-electron chi connectivity index (χ0n) is 18.1. The maximum atomic E-state index is 11.0. The molecule has 6 nitrogen and oxygen atoms in total. The van der Waals surface area contributed by atoms with Gasteiger partial charge in [0, 0.05) is 27.6 Å². The number of aromatic nitrogens is 4. The molecule has 34 heavy (non-hydrogen) atoms. The SMILES string of the molecule is O=C(O)Cc1ccc(-c2cc3cc4nc(cc5ccc(cc6nc(cc2[nH]3)C=C6)[nH]5)C=C4)cc1. The molecule has 8 bridgehead atoms. The van der Waals surface area contributed by atoms with Crippen molar-refractivity contribution in [2.24, 2.45) is 0 Å². The molecule has 0 saturated carbocycles. The summed E-state index contributed by atoms with van der Waals surface area (Å²) in [6.45, 7) is 0. The Morgan fingerprint density at radius 1 is 0.676 bits per heavy atom. The van der Waals surface area contributed by atoms with E-state index in [0.717, 1.165) is 61.5 Å². The van der Waals surface area contributed by atoms with Crippen LogP contribution in [0.5, 0.6) is 0 Å². The largest absolute Gasteiger partial charge is 0.481 e. The van der Waals surface area contributed by atoms with Gasteiger partial charge in [-0.05, 0) is 77.9 Å². The minimum absolute atomic E-state index is 0.00629. The van der Waals surface area contributed by atoms with Gasteiger partial charge in [0.15, 0.2) is 0 Å². The van der Waals surface area contributed by atoms with Gasteiger partial charge in [-0.1, -0.05) is 24.3 Å². The van der Waals surface area contributed by atoms with E-state index < -0.39 is 5.97 Å². The summed E-state index contributed by atoms with van der Waals surface area (Å²) in [6.07, 6.45) is 7.99. The van der Waals surface area contributed by atoms with Crippen molar-refractivity contribution >= 4 is 52.3 Å². The van der Waals surface area contributed by atoms with Crippen LogP contribution in [0.2, 0.25) is 0 Å². The second-order valence-electron chi connectivity index (χ2n) is 8.36. The molecule has 4 aromatic rings. The number of hydrogen-bond donors (Lipinski definition) is 3. The van der Waals surface area contributed by atoms with E-state index in [1.807, 2.05) is 85.0 Å². The lowest BCUT2D eigenvalue weighted by atomic mass is 10.0. The van der Waals surface area contributed by atoms with E-state index in [1.165, 1.54) is 0 Å². The van der Waals surface area contributed by atoms with Crippen LogP contribution in [-0.4, -0.2) is 31.0 Å². The van der Waals surface area contributed by atoms with Crippen molar-refractivity contribution in [2.75, 3.05) is 0 Å². The van der Waals surface area contributed by atoms with Gasteiger partial charge in [-0.15, -0.1) is 0 Å². The molecule has 3 N–H and O–H groups in total. The third-order valence-corrected chi connectivity index (χ3v) is 5.79. The fraction of sp³-hybridized carbons (Fsp3) is 0.0357. The Bertz CT molecular complexity index is 1650. The molecule has 2 aliphatic rings. The summed E-state index contributed by atoms with van der Waals surface area (Å²) >= 11 is 0. The predicted molar refractivity (Wildman–Crippen MR) is 136 cm³/mol. The predicted octanol–water partition coefficient (Wildman–Crippen LogP) is 5.95. The number of aliphatic carboxylic acids is 1. The van der Waals surface area contributed by atoms with Crippen molar-refractivity contribution in [1.82, 2.24) is 19.9 Å². The first-order valence-corrected chi connectivity index (χ1v) is 11.0. The molecule has 0 atom stereocenters. The second-order valence-corrected chi connectivity index (χ2v) is 8.36. The highest BCUT2D eigenvalue weighted by Crippen LogP contribution is 2.28. The van der Waals surface area contributed by atoms with E-state index in [2.05, 4.69) is 16.0 Å². The molecular formula is C28H20N4O2. The molecule has 0 radical (unpaired) electrons. The van der Waals surface area contributed by atoms with Gasteiger partial charge in [0.1, 0.15) is 0 Å². The second kappa shape index (κ2) is 8.01. The molecule has 3 aromatic heterocycles. The molecule has 0 saturated heterocycles. The highest BCUT2D eigenvalue weighted by atomic mass is 16.4. The van der Waals surface area contributed by atoms with Crippen LogP contribution in [-0.2, 0) is 11.2 Å². The van der Waals surface area contributed by atoms with Gasteiger partial charge in [-0.2, -0.15) is 0 Å². The summed E-state index contributed by atoms with van der Waals surface area (Å²) in [4.78, 5) is 27.4. The summed E-state index contributed by atoms with van der Waals surface area (Å²) in [5.74, 6) is -0.839. The van der Waals surface area contributed by atoms with Crippen molar-refractivity contribution in [2.45, 2.75) is 6.42 Å². The van der Waals surface area contributed by atoms with E-state index >= 15 is 0 Å². The normalized spacial score (nSPS) is 12.2. The molecule has 164 valence electrons. The fourth-order valence-electron chi connectivity index (χ4n) is 4.23. The van der Waals surface area contributed by atoms with Crippen molar-refractivity contribution in [3.8, 4) is 11.1 Å². The monoisotopic (exact) mass is 444 g/mol. The van der Waals surface area contributed by atoms with Crippen LogP contribution in [0.3, 0.4) is 0 Å². The number of fused-ring (bicyclic) bond motifs is 8. The maximum absolute atomic E-state index is 11.0. The summed E-state index contributed by atoms with van der Waals surface area (Å²) in [5.41, 5.74) is 10.1. The smallest absolute Gasteiger partial charge is 0.307 e. The number of rotatable bonds is 3. The van der Waals surface area contributed by atoms with Gasteiger partial charge in [0.05, 0.1) is 29.2 Å². The van der Waals surface area contributed by atoms with Crippen molar-refractivity contribution in [1.29, 1.82) is 0 Å². The molecule has 1 aromatic carbocycles. The highest BCUT2D eigenvalue weighted by molar-refractivity contribution is 5.88. The number of benzene rings is 1. The van der Waals surface area contributed by atoms with Crippen molar-refractivity contribution < 1.29 is 9.90 Å². The van der Waals surface area contributed by atoms with E-state index in [-0.39, 0.29) is 6.42 Å². The Hall–Kier alpha value is -4.71. The lowest BCUT2D eigenvalue weighted by Crippen LogP contribution is -1.99. The average molecular weight is 444 g/mol. The first kappa shape index (κ1) is 19.9. The summed E-state index contributed by atoms with van der Waals surface area (Å²) in [5, 5.41) is 9.06. The van der Waals surface area contributed by atoms with Crippen molar-refractivity contribution in [3.63, 3.8) is 0 Å². The van der Waals surface area contributed by atoms with Gasteiger partial charge >= 0.3 is 5.97 Å². The van der Waals surface area contributed by atoms with Gasteiger partial charge in [0.2, 0.25) is 0 Å². The zero-order chi connectivity index (χ0) is 23.1. The van der Waals surface area contributed by atoms with E-state index in [4.69, 9.17) is 15.1 Å². The fourth-order valence-corrected chi connectivity index (χ4v) is 4.23. The third-order valence-electron chi connectivity index (χ3n) is 5.79. The Labute approximate surface area is 195 Å². The number of nitrogens with one attached hydrogen (secondary N) is 2. The number of H-pyrrole nitrogens is 2. The minimum atomic E-state index is -0.839. The summed E-state index contributed by atoms with van der Waals surface area (Å²) in [6, 6.07) is 21.8. The molecular weight excluding hydrogens is 424 g/mol.